The predicted octanol–water partition coefficient (Wildman–Crippen LogP) is 6.31. The Morgan fingerprint density at radius 2 is 1.52 bits per heavy atom. The van der Waals surface area contributed by atoms with E-state index in [0.717, 1.165) is 0 Å². The Hall–Kier alpha value is -1.37. The maximum Gasteiger partial charge on any atom is 0.0349 e. The van der Waals surface area contributed by atoms with E-state index in [9.17, 15) is 0 Å². The fourth-order valence-corrected chi connectivity index (χ4v) is 3.02. The number of nitrogens with zero attached hydrogens (tertiary/aromatic N) is 1. The normalized spacial score (nSPS) is 11.1. The molecule has 0 unspecified atom stereocenters. The second-order valence-corrected chi connectivity index (χ2v) is 6.09. The zero-order valence-electron chi connectivity index (χ0n) is 13.5. The van der Waals surface area contributed by atoms with Crippen molar-refractivity contribution < 1.29 is 0 Å². The molecule has 0 saturated heterocycles. The van der Waals surface area contributed by atoms with Crippen LogP contribution in [0.5, 0.6) is 0 Å². The van der Waals surface area contributed by atoms with Gasteiger partial charge in [-0.1, -0.05) is 76.5 Å². The minimum Gasteiger partial charge on any atom is -0.264 e. The van der Waals surface area contributed by atoms with Crippen molar-refractivity contribution in [1.82, 2.24) is 4.98 Å². The summed E-state index contributed by atoms with van der Waals surface area (Å²) in [5.74, 6) is 0. The zero-order chi connectivity index (χ0) is 14.8. The molecule has 1 aromatic carbocycles. The molecular weight excluding hydrogens is 254 g/mol. The number of rotatable bonds is 10. The van der Waals surface area contributed by atoms with Crippen LogP contribution in [0.15, 0.2) is 36.7 Å². The third-order valence-corrected chi connectivity index (χ3v) is 4.32. The highest BCUT2D eigenvalue weighted by Crippen LogP contribution is 2.20. The Kier molecular flexibility index (Phi) is 7.28. The number of fused-ring (bicyclic) bond motifs is 1. The van der Waals surface area contributed by atoms with Gasteiger partial charge in [0.25, 0.3) is 0 Å². The monoisotopic (exact) mass is 283 g/mol. The van der Waals surface area contributed by atoms with E-state index in [4.69, 9.17) is 0 Å². The molecule has 2 aromatic rings. The summed E-state index contributed by atoms with van der Waals surface area (Å²) in [5.41, 5.74) is 1.46. The average Bonchev–Trinajstić information content (AvgIpc) is 2.53. The van der Waals surface area contributed by atoms with Gasteiger partial charge >= 0.3 is 0 Å². The molecule has 0 atom stereocenters. The third-order valence-electron chi connectivity index (χ3n) is 4.32. The van der Waals surface area contributed by atoms with Gasteiger partial charge in [0, 0.05) is 17.8 Å². The molecule has 0 fully saturated rings. The van der Waals surface area contributed by atoms with E-state index < -0.39 is 0 Å². The van der Waals surface area contributed by atoms with Crippen LogP contribution in [0.3, 0.4) is 0 Å². The van der Waals surface area contributed by atoms with E-state index in [1.165, 1.54) is 80.5 Å². The lowest BCUT2D eigenvalue weighted by Gasteiger charge is -2.06. The lowest BCUT2D eigenvalue weighted by atomic mass is 10.0. The van der Waals surface area contributed by atoms with Crippen LogP contribution in [-0.2, 0) is 6.42 Å². The van der Waals surface area contributed by atoms with Crippen molar-refractivity contribution in [2.45, 2.75) is 71.1 Å². The molecule has 1 heterocycles. The average molecular weight is 283 g/mol. The fourth-order valence-electron chi connectivity index (χ4n) is 3.02. The lowest BCUT2D eigenvalue weighted by molar-refractivity contribution is 0.565. The number of benzene rings is 1. The summed E-state index contributed by atoms with van der Waals surface area (Å²) in [5, 5.41) is 2.65. The van der Waals surface area contributed by atoms with Gasteiger partial charge in [0.15, 0.2) is 0 Å². The van der Waals surface area contributed by atoms with Gasteiger partial charge in [0.05, 0.1) is 0 Å². The second kappa shape index (κ2) is 9.55. The van der Waals surface area contributed by atoms with Crippen molar-refractivity contribution in [2.24, 2.45) is 0 Å². The summed E-state index contributed by atoms with van der Waals surface area (Å²) in [6, 6.07) is 8.71. The van der Waals surface area contributed by atoms with Crippen molar-refractivity contribution in [2.75, 3.05) is 0 Å². The highest BCUT2D eigenvalue weighted by atomic mass is 14.6. The third kappa shape index (κ3) is 5.49. The molecule has 0 aliphatic heterocycles. The summed E-state index contributed by atoms with van der Waals surface area (Å²) >= 11 is 0. The number of aryl methyl sites for hydroxylation is 1. The van der Waals surface area contributed by atoms with Crippen LogP contribution in [0, 0.1) is 0 Å². The molecule has 0 aliphatic rings. The molecule has 0 amide bonds. The van der Waals surface area contributed by atoms with Crippen molar-refractivity contribution in [3.63, 3.8) is 0 Å². The molecular formula is C20H29N. The number of unbranched alkanes of at least 4 members (excludes halogenated alkanes) is 8. The van der Waals surface area contributed by atoms with E-state index in [1.807, 2.05) is 12.4 Å². The number of pyridine rings is 1. The molecule has 1 heteroatoms. The Morgan fingerprint density at radius 3 is 2.29 bits per heavy atom. The van der Waals surface area contributed by atoms with E-state index in [-0.39, 0.29) is 0 Å². The van der Waals surface area contributed by atoms with Crippen LogP contribution in [-0.4, -0.2) is 4.98 Å². The van der Waals surface area contributed by atoms with Gasteiger partial charge in [0.2, 0.25) is 0 Å². The second-order valence-electron chi connectivity index (χ2n) is 6.09. The number of hydrogen-bond donors (Lipinski definition) is 0. The van der Waals surface area contributed by atoms with E-state index in [1.54, 1.807) is 0 Å². The molecule has 21 heavy (non-hydrogen) atoms. The van der Waals surface area contributed by atoms with Gasteiger partial charge in [-0.3, -0.25) is 4.98 Å². The first-order valence-electron chi connectivity index (χ1n) is 8.73. The molecule has 0 spiro atoms. The maximum absolute atomic E-state index is 4.27. The summed E-state index contributed by atoms with van der Waals surface area (Å²) in [7, 11) is 0. The largest absolute Gasteiger partial charge is 0.264 e. The van der Waals surface area contributed by atoms with E-state index >= 15 is 0 Å². The van der Waals surface area contributed by atoms with Gasteiger partial charge in [-0.25, -0.2) is 0 Å². The van der Waals surface area contributed by atoms with Crippen LogP contribution >= 0.6 is 0 Å². The van der Waals surface area contributed by atoms with Crippen LogP contribution in [0.25, 0.3) is 10.8 Å². The minimum atomic E-state index is 1.19. The highest BCUT2D eigenvalue weighted by Gasteiger charge is 2.00. The van der Waals surface area contributed by atoms with Crippen molar-refractivity contribution in [1.29, 1.82) is 0 Å². The quantitative estimate of drug-likeness (QED) is 0.466. The Bertz CT molecular complexity index is 513. The standard InChI is InChI=1S/C20H29N/c1-2-3-4-5-6-7-8-9-10-12-18-13-11-14-19-15-16-21-17-20(18)19/h11,13-17H,2-10,12H2,1H3. The lowest BCUT2D eigenvalue weighted by Crippen LogP contribution is -1.89. The van der Waals surface area contributed by atoms with Gasteiger partial charge in [0.1, 0.15) is 0 Å². The molecule has 0 bridgehead atoms. The summed E-state index contributed by atoms with van der Waals surface area (Å²) in [6.07, 6.45) is 17.6. The van der Waals surface area contributed by atoms with E-state index in [0.29, 0.717) is 0 Å². The first kappa shape index (κ1) is 16.0. The minimum absolute atomic E-state index is 1.19. The topological polar surface area (TPSA) is 12.9 Å². The van der Waals surface area contributed by atoms with Crippen molar-refractivity contribution >= 4 is 10.8 Å². The molecule has 0 saturated carbocycles. The molecule has 0 radical (unpaired) electrons. The summed E-state index contributed by atoms with van der Waals surface area (Å²) in [6.45, 7) is 2.28. The van der Waals surface area contributed by atoms with Gasteiger partial charge < -0.3 is 0 Å². The van der Waals surface area contributed by atoms with Crippen molar-refractivity contribution in [3.8, 4) is 0 Å². The van der Waals surface area contributed by atoms with Crippen molar-refractivity contribution in [3.05, 3.63) is 42.2 Å². The predicted molar refractivity (Wildman–Crippen MR) is 92.7 cm³/mol. The van der Waals surface area contributed by atoms with Gasteiger partial charge in [-0.05, 0) is 29.9 Å². The SMILES string of the molecule is CCCCCCCCCCCc1cccc2ccncc12. The highest BCUT2D eigenvalue weighted by molar-refractivity contribution is 5.84. The molecule has 1 nitrogen and oxygen atoms in total. The summed E-state index contributed by atoms with van der Waals surface area (Å²) < 4.78 is 0. The fraction of sp³-hybridized carbons (Fsp3) is 0.550. The van der Waals surface area contributed by atoms with Crippen LogP contribution in [0.2, 0.25) is 0 Å². The van der Waals surface area contributed by atoms with Gasteiger partial charge in [-0.15, -0.1) is 0 Å². The molecule has 0 N–H and O–H groups in total. The molecule has 114 valence electrons. The Labute approximate surface area is 129 Å². The van der Waals surface area contributed by atoms with Crippen LogP contribution in [0.4, 0.5) is 0 Å². The Morgan fingerprint density at radius 1 is 0.810 bits per heavy atom. The summed E-state index contributed by atoms with van der Waals surface area (Å²) in [4.78, 5) is 4.27. The first-order valence-corrected chi connectivity index (χ1v) is 8.73. The number of aromatic nitrogens is 1. The molecule has 2 rings (SSSR count). The van der Waals surface area contributed by atoms with Crippen LogP contribution < -0.4 is 0 Å². The number of hydrogen-bond acceptors (Lipinski definition) is 1. The Balaban J connectivity index is 1.64. The first-order chi connectivity index (χ1) is 10.4. The van der Waals surface area contributed by atoms with Gasteiger partial charge in [-0.2, -0.15) is 0 Å². The van der Waals surface area contributed by atoms with E-state index in [2.05, 4.69) is 36.2 Å². The zero-order valence-corrected chi connectivity index (χ0v) is 13.5. The molecule has 0 aliphatic carbocycles. The smallest absolute Gasteiger partial charge is 0.0349 e. The maximum atomic E-state index is 4.27. The molecule has 1 aromatic heterocycles. The van der Waals surface area contributed by atoms with Crippen LogP contribution in [0.1, 0.15) is 70.3 Å².